The smallest absolute Gasteiger partial charge is 0.151 e. The molecule has 0 saturated carbocycles. The molecule has 16 heavy (non-hydrogen) atoms. The first-order valence-electron chi connectivity index (χ1n) is 6.12. The summed E-state index contributed by atoms with van der Waals surface area (Å²) in [5.74, 6) is 1.01. The first kappa shape index (κ1) is 11.3. The average molecular weight is 220 g/mol. The number of piperazine rings is 1. The Bertz CT molecular complexity index is 314. The third-order valence-corrected chi connectivity index (χ3v) is 3.32. The van der Waals surface area contributed by atoms with Crippen molar-refractivity contribution in [3.8, 4) is 0 Å². The van der Waals surface area contributed by atoms with Crippen LogP contribution in [-0.4, -0.2) is 35.4 Å². The largest absolute Gasteiger partial charge is 0.349 e. The van der Waals surface area contributed by atoms with Crippen LogP contribution in [0.15, 0.2) is 18.3 Å². The van der Waals surface area contributed by atoms with Gasteiger partial charge in [-0.25, -0.2) is 0 Å². The molecule has 2 atom stereocenters. The minimum Gasteiger partial charge on any atom is -0.349 e. The lowest BCUT2D eigenvalue weighted by Crippen LogP contribution is -2.56. The molecule has 1 aromatic heterocycles. The summed E-state index contributed by atoms with van der Waals surface area (Å²) in [5.41, 5.74) is 0. The Hall–Kier alpha value is -1.16. The van der Waals surface area contributed by atoms with E-state index < -0.39 is 0 Å². The summed E-state index contributed by atoms with van der Waals surface area (Å²) in [4.78, 5) is 2.39. The molecule has 1 aromatic rings. The number of hydrogen-bond donors (Lipinski definition) is 1. The molecule has 0 radical (unpaired) electrons. The Labute approximate surface area is 97.1 Å². The second kappa shape index (κ2) is 5.25. The lowest BCUT2D eigenvalue weighted by Gasteiger charge is -2.40. The van der Waals surface area contributed by atoms with Crippen LogP contribution in [0, 0.1) is 0 Å². The van der Waals surface area contributed by atoms with Gasteiger partial charge in [-0.2, -0.15) is 5.10 Å². The highest BCUT2D eigenvalue weighted by Gasteiger charge is 2.26. The number of nitrogens with zero attached hydrogens (tertiary/aromatic N) is 3. The van der Waals surface area contributed by atoms with Gasteiger partial charge in [0.25, 0.3) is 0 Å². The average Bonchev–Trinajstić information content (AvgIpc) is 2.39. The second-order valence-corrected chi connectivity index (χ2v) is 4.31. The molecule has 0 amide bonds. The molecule has 2 rings (SSSR count). The van der Waals surface area contributed by atoms with Crippen LogP contribution in [0.1, 0.15) is 26.7 Å². The third kappa shape index (κ3) is 2.32. The molecule has 1 N–H and O–H groups in total. The fraction of sp³-hybridized carbons (Fsp3) is 0.667. The van der Waals surface area contributed by atoms with Gasteiger partial charge in [0.2, 0.25) is 0 Å². The topological polar surface area (TPSA) is 41.1 Å². The van der Waals surface area contributed by atoms with Gasteiger partial charge in [-0.1, -0.05) is 13.8 Å². The van der Waals surface area contributed by atoms with Gasteiger partial charge in [0.05, 0.1) is 0 Å². The van der Waals surface area contributed by atoms with E-state index in [1.54, 1.807) is 6.20 Å². The Morgan fingerprint density at radius 1 is 1.44 bits per heavy atom. The van der Waals surface area contributed by atoms with Crippen LogP contribution in [0.4, 0.5) is 5.82 Å². The molecule has 1 aliphatic heterocycles. The van der Waals surface area contributed by atoms with E-state index in [1.807, 2.05) is 12.1 Å². The van der Waals surface area contributed by atoms with Crippen LogP contribution in [0.5, 0.6) is 0 Å². The fourth-order valence-corrected chi connectivity index (χ4v) is 2.23. The van der Waals surface area contributed by atoms with Crippen molar-refractivity contribution in [1.82, 2.24) is 15.5 Å². The van der Waals surface area contributed by atoms with E-state index in [2.05, 4.69) is 34.3 Å². The highest BCUT2D eigenvalue weighted by molar-refractivity contribution is 5.39. The van der Waals surface area contributed by atoms with E-state index in [0.29, 0.717) is 12.1 Å². The van der Waals surface area contributed by atoms with Crippen molar-refractivity contribution in [2.75, 3.05) is 18.0 Å². The number of aromatic nitrogens is 2. The van der Waals surface area contributed by atoms with Gasteiger partial charge in [-0.05, 0) is 25.0 Å². The van der Waals surface area contributed by atoms with Gasteiger partial charge >= 0.3 is 0 Å². The predicted molar refractivity (Wildman–Crippen MR) is 65.5 cm³/mol. The van der Waals surface area contributed by atoms with Crippen LogP contribution in [0.25, 0.3) is 0 Å². The van der Waals surface area contributed by atoms with Crippen molar-refractivity contribution in [2.45, 2.75) is 38.8 Å². The standard InChI is InChI=1S/C12H20N4/c1-3-10-9-16(11(4-2)8-13-10)12-6-5-7-14-15-12/h5-7,10-11,13H,3-4,8-9H2,1-2H3. The van der Waals surface area contributed by atoms with Crippen molar-refractivity contribution < 1.29 is 0 Å². The van der Waals surface area contributed by atoms with Crippen LogP contribution in [0.2, 0.25) is 0 Å². The summed E-state index contributed by atoms with van der Waals surface area (Å²) in [5, 5.41) is 11.8. The molecule has 4 nitrogen and oxygen atoms in total. The molecule has 1 saturated heterocycles. The van der Waals surface area contributed by atoms with Crippen molar-refractivity contribution in [3.05, 3.63) is 18.3 Å². The molecule has 0 aliphatic carbocycles. The molecule has 1 fully saturated rings. The summed E-state index contributed by atoms with van der Waals surface area (Å²) in [6, 6.07) is 5.12. The molecular formula is C12H20N4. The molecule has 2 unspecified atom stereocenters. The Morgan fingerprint density at radius 3 is 2.94 bits per heavy atom. The summed E-state index contributed by atoms with van der Waals surface area (Å²) in [7, 11) is 0. The zero-order chi connectivity index (χ0) is 11.4. The highest BCUT2D eigenvalue weighted by atomic mass is 15.3. The molecular weight excluding hydrogens is 200 g/mol. The molecule has 0 aromatic carbocycles. The minimum absolute atomic E-state index is 0.541. The molecule has 0 spiro atoms. The van der Waals surface area contributed by atoms with Crippen LogP contribution >= 0.6 is 0 Å². The van der Waals surface area contributed by atoms with Gasteiger partial charge in [0, 0.05) is 31.4 Å². The minimum atomic E-state index is 0.541. The third-order valence-electron chi connectivity index (χ3n) is 3.32. The van der Waals surface area contributed by atoms with Crippen molar-refractivity contribution in [2.24, 2.45) is 0 Å². The van der Waals surface area contributed by atoms with E-state index in [9.17, 15) is 0 Å². The quantitative estimate of drug-likeness (QED) is 0.837. The summed E-state index contributed by atoms with van der Waals surface area (Å²) in [6.45, 7) is 6.53. The van der Waals surface area contributed by atoms with Gasteiger partial charge < -0.3 is 10.2 Å². The van der Waals surface area contributed by atoms with E-state index in [1.165, 1.54) is 0 Å². The summed E-state index contributed by atoms with van der Waals surface area (Å²) >= 11 is 0. The summed E-state index contributed by atoms with van der Waals surface area (Å²) in [6.07, 6.45) is 4.02. The van der Waals surface area contributed by atoms with E-state index in [0.717, 1.165) is 31.7 Å². The van der Waals surface area contributed by atoms with E-state index in [4.69, 9.17) is 0 Å². The van der Waals surface area contributed by atoms with Crippen molar-refractivity contribution in [3.63, 3.8) is 0 Å². The molecule has 1 aliphatic rings. The first-order chi connectivity index (χ1) is 7.85. The maximum absolute atomic E-state index is 4.22. The lowest BCUT2D eigenvalue weighted by molar-refractivity contribution is 0.376. The molecule has 0 bridgehead atoms. The van der Waals surface area contributed by atoms with E-state index >= 15 is 0 Å². The van der Waals surface area contributed by atoms with Crippen LogP contribution < -0.4 is 10.2 Å². The first-order valence-corrected chi connectivity index (χ1v) is 6.12. The Balaban J connectivity index is 2.15. The number of nitrogens with one attached hydrogen (secondary N) is 1. The van der Waals surface area contributed by atoms with Crippen LogP contribution in [-0.2, 0) is 0 Å². The maximum Gasteiger partial charge on any atom is 0.151 e. The van der Waals surface area contributed by atoms with Crippen LogP contribution in [0.3, 0.4) is 0 Å². The zero-order valence-electron chi connectivity index (χ0n) is 10.1. The number of anilines is 1. The monoisotopic (exact) mass is 220 g/mol. The number of hydrogen-bond acceptors (Lipinski definition) is 4. The van der Waals surface area contributed by atoms with Gasteiger partial charge in [-0.3, -0.25) is 0 Å². The van der Waals surface area contributed by atoms with E-state index in [-0.39, 0.29) is 0 Å². The maximum atomic E-state index is 4.22. The predicted octanol–water partition coefficient (Wildman–Crippen LogP) is 1.44. The SMILES string of the molecule is CCC1CN(c2cccnn2)C(CC)CN1. The lowest BCUT2D eigenvalue weighted by atomic mass is 10.1. The normalized spacial score (nSPS) is 25.8. The molecule has 4 heteroatoms. The van der Waals surface area contributed by atoms with Gasteiger partial charge in [-0.15, -0.1) is 5.10 Å². The summed E-state index contributed by atoms with van der Waals surface area (Å²) < 4.78 is 0. The zero-order valence-corrected chi connectivity index (χ0v) is 10.1. The Kier molecular flexibility index (Phi) is 3.72. The van der Waals surface area contributed by atoms with Gasteiger partial charge in [0.15, 0.2) is 5.82 Å². The molecule has 2 heterocycles. The fourth-order valence-electron chi connectivity index (χ4n) is 2.23. The highest BCUT2D eigenvalue weighted by Crippen LogP contribution is 2.18. The van der Waals surface area contributed by atoms with Crippen molar-refractivity contribution in [1.29, 1.82) is 0 Å². The Morgan fingerprint density at radius 2 is 2.31 bits per heavy atom. The number of rotatable bonds is 3. The van der Waals surface area contributed by atoms with Crippen molar-refractivity contribution >= 4 is 5.82 Å². The molecule has 88 valence electrons. The van der Waals surface area contributed by atoms with Gasteiger partial charge in [0.1, 0.15) is 0 Å². The second-order valence-electron chi connectivity index (χ2n) is 4.31.